The second-order valence-corrected chi connectivity index (χ2v) is 5.84. The van der Waals surface area contributed by atoms with Crippen LogP contribution in [0.2, 0.25) is 0 Å². The molecule has 7 nitrogen and oxygen atoms in total. The maximum absolute atomic E-state index is 11.8. The van der Waals surface area contributed by atoms with Crippen molar-refractivity contribution in [2.24, 2.45) is 5.41 Å². The average Bonchev–Trinajstić information content (AvgIpc) is 2.46. The lowest BCUT2D eigenvalue weighted by atomic mass is 9.78. The second-order valence-electron chi connectivity index (χ2n) is 5.84. The number of nitro groups is 1. The van der Waals surface area contributed by atoms with E-state index in [1.165, 1.54) is 13.2 Å². The van der Waals surface area contributed by atoms with Crippen molar-refractivity contribution in [3.05, 3.63) is 27.8 Å². The van der Waals surface area contributed by atoms with Crippen LogP contribution in [0.3, 0.4) is 0 Å². The Kier molecular flexibility index (Phi) is 5.35. The Morgan fingerprint density at radius 2 is 1.91 bits per heavy atom. The summed E-state index contributed by atoms with van der Waals surface area (Å²) >= 11 is 0. The van der Waals surface area contributed by atoms with Gasteiger partial charge in [0.2, 0.25) is 0 Å². The highest BCUT2D eigenvalue weighted by atomic mass is 16.6. The van der Waals surface area contributed by atoms with E-state index < -0.39 is 27.8 Å². The van der Waals surface area contributed by atoms with Crippen molar-refractivity contribution < 1.29 is 24.7 Å². The number of hydrogen-bond donors (Lipinski definition) is 2. The van der Waals surface area contributed by atoms with Gasteiger partial charge in [0.15, 0.2) is 11.5 Å². The number of esters is 1. The maximum atomic E-state index is 11.8. The Balaban J connectivity index is 3.28. The lowest BCUT2D eigenvalue weighted by Crippen LogP contribution is -2.28. The molecule has 0 aliphatic carbocycles. The number of carbonyl (C=O) groups is 1. The minimum absolute atomic E-state index is 0.275. The summed E-state index contributed by atoms with van der Waals surface area (Å²) in [6.45, 7) is 5.24. The molecule has 122 valence electrons. The van der Waals surface area contributed by atoms with Crippen LogP contribution >= 0.6 is 0 Å². The molecule has 1 aromatic rings. The molecule has 1 unspecified atom stereocenters. The van der Waals surface area contributed by atoms with Crippen molar-refractivity contribution in [2.45, 2.75) is 39.5 Å². The first-order valence-corrected chi connectivity index (χ1v) is 6.92. The van der Waals surface area contributed by atoms with Crippen molar-refractivity contribution in [1.82, 2.24) is 0 Å². The third kappa shape index (κ3) is 3.66. The summed E-state index contributed by atoms with van der Waals surface area (Å²) in [5.74, 6) is -1.70. The standard InChI is InChI=1S/C15H21NO6/c1-5-9(8-15(2,3)14(19)22-4)10-6-12(17)13(18)7-11(10)16(20)21/h6-7,9,17-18H,5,8H2,1-4H3. The van der Waals surface area contributed by atoms with Gasteiger partial charge in [-0.05, 0) is 38.7 Å². The molecule has 1 rings (SSSR count). The van der Waals surface area contributed by atoms with E-state index in [-0.39, 0.29) is 11.6 Å². The summed E-state index contributed by atoms with van der Waals surface area (Å²) in [4.78, 5) is 22.4. The van der Waals surface area contributed by atoms with E-state index in [1.54, 1.807) is 13.8 Å². The number of benzene rings is 1. The fourth-order valence-electron chi connectivity index (χ4n) is 2.52. The molecule has 0 amide bonds. The Morgan fingerprint density at radius 3 is 2.36 bits per heavy atom. The quantitative estimate of drug-likeness (QED) is 0.361. The summed E-state index contributed by atoms with van der Waals surface area (Å²) in [6.07, 6.45) is 0.854. The fourth-order valence-corrected chi connectivity index (χ4v) is 2.52. The van der Waals surface area contributed by atoms with Crippen molar-refractivity contribution in [3.8, 4) is 11.5 Å². The van der Waals surface area contributed by atoms with Crippen LogP contribution in [0.5, 0.6) is 11.5 Å². The molecule has 0 aromatic heterocycles. The Bertz CT molecular complexity index is 582. The van der Waals surface area contributed by atoms with Gasteiger partial charge in [0.25, 0.3) is 5.69 Å². The SMILES string of the molecule is CCC(CC(C)(C)C(=O)OC)c1cc(O)c(O)cc1[N+](=O)[O-]. The van der Waals surface area contributed by atoms with Crippen molar-refractivity contribution in [2.75, 3.05) is 7.11 Å². The molecule has 0 bridgehead atoms. The molecule has 0 aliphatic rings. The number of ether oxygens (including phenoxy) is 1. The first-order chi connectivity index (χ1) is 10.1. The number of aromatic hydroxyl groups is 2. The monoisotopic (exact) mass is 311 g/mol. The number of phenols is 2. The lowest BCUT2D eigenvalue weighted by molar-refractivity contribution is -0.385. The molecule has 1 aromatic carbocycles. The second kappa shape index (κ2) is 6.64. The lowest BCUT2D eigenvalue weighted by Gasteiger charge is -2.27. The molecule has 22 heavy (non-hydrogen) atoms. The molecule has 0 fully saturated rings. The topological polar surface area (TPSA) is 110 Å². The van der Waals surface area contributed by atoms with Gasteiger partial charge in [-0.15, -0.1) is 0 Å². The van der Waals surface area contributed by atoms with Gasteiger partial charge in [-0.2, -0.15) is 0 Å². The molecule has 0 aliphatic heterocycles. The number of nitrogens with zero attached hydrogens (tertiary/aromatic N) is 1. The third-order valence-corrected chi connectivity index (χ3v) is 3.75. The van der Waals surface area contributed by atoms with Crippen LogP contribution in [0.15, 0.2) is 12.1 Å². The van der Waals surface area contributed by atoms with E-state index in [0.29, 0.717) is 18.4 Å². The van der Waals surface area contributed by atoms with Gasteiger partial charge in [0.05, 0.1) is 23.5 Å². The van der Waals surface area contributed by atoms with E-state index in [2.05, 4.69) is 0 Å². The van der Waals surface area contributed by atoms with Crippen LogP contribution < -0.4 is 0 Å². The molecule has 0 radical (unpaired) electrons. The summed E-state index contributed by atoms with van der Waals surface area (Å²) in [7, 11) is 1.29. The van der Waals surface area contributed by atoms with Crippen molar-refractivity contribution in [3.63, 3.8) is 0 Å². The molecule has 2 N–H and O–H groups in total. The van der Waals surface area contributed by atoms with Gasteiger partial charge in [0, 0.05) is 5.56 Å². The highest BCUT2D eigenvalue weighted by molar-refractivity contribution is 5.75. The van der Waals surface area contributed by atoms with Crippen molar-refractivity contribution >= 4 is 11.7 Å². The minimum atomic E-state index is -0.823. The third-order valence-electron chi connectivity index (χ3n) is 3.75. The number of phenolic OH excluding ortho intramolecular Hbond substituents is 2. The highest BCUT2D eigenvalue weighted by Crippen LogP contribution is 2.42. The van der Waals surface area contributed by atoms with Gasteiger partial charge in [-0.3, -0.25) is 14.9 Å². The van der Waals surface area contributed by atoms with Crippen LogP contribution in [0, 0.1) is 15.5 Å². The van der Waals surface area contributed by atoms with Gasteiger partial charge in [0.1, 0.15) is 0 Å². The van der Waals surface area contributed by atoms with Crippen LogP contribution in [0.25, 0.3) is 0 Å². The number of rotatable bonds is 6. The molecule has 0 saturated heterocycles. The predicted molar refractivity (Wildman–Crippen MR) is 79.9 cm³/mol. The van der Waals surface area contributed by atoms with Crippen molar-refractivity contribution in [1.29, 1.82) is 0 Å². The van der Waals surface area contributed by atoms with E-state index in [0.717, 1.165) is 6.07 Å². The van der Waals surface area contributed by atoms with Crippen LogP contribution in [-0.4, -0.2) is 28.2 Å². The highest BCUT2D eigenvalue weighted by Gasteiger charge is 2.34. The molecule has 0 heterocycles. The average molecular weight is 311 g/mol. The van der Waals surface area contributed by atoms with Crippen LogP contribution in [0.1, 0.15) is 45.1 Å². The Labute approximate surface area is 128 Å². The van der Waals surface area contributed by atoms with Gasteiger partial charge in [-0.25, -0.2) is 0 Å². The molecule has 1 atom stereocenters. The summed E-state index contributed by atoms with van der Waals surface area (Å²) in [5.41, 5.74) is -0.806. The number of carbonyl (C=O) groups excluding carboxylic acids is 1. The molecular formula is C15H21NO6. The summed E-state index contributed by atoms with van der Waals surface area (Å²) in [5, 5.41) is 30.3. The smallest absolute Gasteiger partial charge is 0.311 e. The van der Waals surface area contributed by atoms with Gasteiger partial charge < -0.3 is 14.9 Å². The first-order valence-electron chi connectivity index (χ1n) is 6.92. The van der Waals surface area contributed by atoms with E-state index in [1.807, 2.05) is 6.92 Å². The van der Waals surface area contributed by atoms with Gasteiger partial charge >= 0.3 is 5.97 Å². The van der Waals surface area contributed by atoms with Crippen LogP contribution in [0.4, 0.5) is 5.69 Å². The zero-order valence-electron chi connectivity index (χ0n) is 13.1. The van der Waals surface area contributed by atoms with Gasteiger partial charge in [-0.1, -0.05) is 6.92 Å². The molecular weight excluding hydrogens is 290 g/mol. The number of methoxy groups -OCH3 is 1. The van der Waals surface area contributed by atoms with E-state index in [4.69, 9.17) is 4.74 Å². The maximum Gasteiger partial charge on any atom is 0.311 e. The summed E-state index contributed by atoms with van der Waals surface area (Å²) in [6, 6.07) is 2.12. The Morgan fingerprint density at radius 1 is 1.36 bits per heavy atom. The van der Waals surface area contributed by atoms with E-state index in [9.17, 15) is 25.1 Å². The van der Waals surface area contributed by atoms with E-state index >= 15 is 0 Å². The predicted octanol–water partition coefficient (Wildman–Crippen LogP) is 3.09. The van der Waals surface area contributed by atoms with Crippen LogP contribution in [-0.2, 0) is 9.53 Å². The summed E-state index contributed by atoms with van der Waals surface area (Å²) < 4.78 is 4.75. The fraction of sp³-hybridized carbons (Fsp3) is 0.533. The Hall–Kier alpha value is -2.31. The minimum Gasteiger partial charge on any atom is -0.504 e. The zero-order valence-corrected chi connectivity index (χ0v) is 13.1. The zero-order chi connectivity index (χ0) is 17.1. The largest absolute Gasteiger partial charge is 0.504 e. The molecule has 7 heteroatoms. The normalized spacial score (nSPS) is 12.7. The first kappa shape index (κ1) is 17.7. The molecule has 0 spiro atoms. The number of hydrogen-bond acceptors (Lipinski definition) is 6. The number of nitro benzene ring substituents is 1. The molecule has 0 saturated carbocycles.